The number of aromatic nitrogens is 3. The largest absolute Gasteiger partial charge is 0.392 e. The fourth-order valence-electron chi connectivity index (χ4n) is 1.25. The van der Waals surface area contributed by atoms with E-state index in [9.17, 15) is 0 Å². The first kappa shape index (κ1) is 10.1. The van der Waals surface area contributed by atoms with E-state index in [1.807, 2.05) is 13.1 Å². The van der Waals surface area contributed by atoms with E-state index >= 15 is 0 Å². The summed E-state index contributed by atoms with van der Waals surface area (Å²) < 4.78 is 1.61. The lowest BCUT2D eigenvalue weighted by Crippen LogP contribution is -2.00. The van der Waals surface area contributed by atoms with Gasteiger partial charge in [-0.1, -0.05) is 11.6 Å². The Morgan fingerprint density at radius 2 is 2.27 bits per heavy atom. The topological polar surface area (TPSA) is 50.9 Å². The van der Waals surface area contributed by atoms with Crippen molar-refractivity contribution in [2.75, 3.05) is 0 Å². The fourth-order valence-corrected chi connectivity index (χ4v) is 1.53. The first-order valence-corrected chi connectivity index (χ1v) is 4.85. The third-order valence-corrected chi connectivity index (χ3v) is 2.27. The summed E-state index contributed by atoms with van der Waals surface area (Å²) in [6, 6.07) is 1.68. The van der Waals surface area contributed by atoms with Crippen LogP contribution in [-0.4, -0.2) is 19.9 Å². The summed E-state index contributed by atoms with van der Waals surface area (Å²) in [5, 5.41) is 13.5. The van der Waals surface area contributed by atoms with Crippen molar-refractivity contribution in [2.45, 2.75) is 13.5 Å². The van der Waals surface area contributed by atoms with E-state index in [0.717, 1.165) is 5.56 Å². The number of aliphatic hydroxyl groups is 1. The van der Waals surface area contributed by atoms with E-state index in [4.69, 9.17) is 16.7 Å². The van der Waals surface area contributed by atoms with Crippen LogP contribution in [0.1, 0.15) is 11.1 Å². The van der Waals surface area contributed by atoms with Crippen molar-refractivity contribution < 1.29 is 5.11 Å². The number of hydrogen-bond donors (Lipinski definition) is 1. The molecule has 5 heteroatoms. The number of rotatable bonds is 2. The van der Waals surface area contributed by atoms with Gasteiger partial charge in [-0.3, -0.25) is 0 Å². The molecule has 1 N–H and O–H groups in total. The third kappa shape index (κ3) is 2.00. The van der Waals surface area contributed by atoms with Crippen LogP contribution in [0.4, 0.5) is 0 Å². The van der Waals surface area contributed by atoms with E-state index in [0.29, 0.717) is 16.4 Å². The van der Waals surface area contributed by atoms with Gasteiger partial charge in [0.15, 0.2) is 5.82 Å². The lowest BCUT2D eigenvalue weighted by molar-refractivity contribution is 0.281. The summed E-state index contributed by atoms with van der Waals surface area (Å²) in [6.07, 6.45) is 5.16. The molecule has 0 aliphatic carbocycles. The normalized spacial score (nSPS) is 10.6. The summed E-state index contributed by atoms with van der Waals surface area (Å²) in [4.78, 5) is 4.14. The average molecular weight is 224 g/mol. The van der Waals surface area contributed by atoms with E-state index < -0.39 is 0 Å². The molecule has 0 spiro atoms. The van der Waals surface area contributed by atoms with Crippen molar-refractivity contribution in [1.29, 1.82) is 0 Å². The molecule has 0 saturated carbocycles. The standard InChI is InChI=1S/C10H10ClN3O/c1-7-3-13-14(5-7)10-9(11)2-8(6-15)4-12-10/h2-5,15H,6H2,1H3. The molecule has 0 bridgehead atoms. The molecule has 0 amide bonds. The summed E-state index contributed by atoms with van der Waals surface area (Å²) in [5.74, 6) is 0.571. The van der Waals surface area contributed by atoms with Gasteiger partial charge in [-0.05, 0) is 24.1 Å². The zero-order valence-corrected chi connectivity index (χ0v) is 8.94. The average Bonchev–Trinajstić information content (AvgIpc) is 2.64. The second-order valence-electron chi connectivity index (χ2n) is 3.27. The molecule has 2 heterocycles. The highest BCUT2D eigenvalue weighted by Gasteiger charge is 2.06. The van der Waals surface area contributed by atoms with Gasteiger partial charge in [0.2, 0.25) is 0 Å². The Balaban J connectivity index is 2.45. The molecular formula is C10H10ClN3O. The zero-order valence-electron chi connectivity index (χ0n) is 8.18. The highest BCUT2D eigenvalue weighted by molar-refractivity contribution is 6.32. The molecule has 0 fully saturated rings. The maximum atomic E-state index is 8.91. The van der Waals surface area contributed by atoms with Gasteiger partial charge in [0.05, 0.1) is 17.8 Å². The van der Waals surface area contributed by atoms with Crippen LogP contribution < -0.4 is 0 Å². The Hall–Kier alpha value is -1.39. The summed E-state index contributed by atoms with van der Waals surface area (Å²) in [6.45, 7) is 1.88. The number of halogens is 1. The van der Waals surface area contributed by atoms with Crippen molar-refractivity contribution in [3.05, 3.63) is 40.8 Å². The van der Waals surface area contributed by atoms with Crippen molar-refractivity contribution >= 4 is 11.6 Å². The molecule has 15 heavy (non-hydrogen) atoms. The van der Waals surface area contributed by atoms with Gasteiger partial charge in [0, 0.05) is 12.4 Å². The Kier molecular flexibility index (Phi) is 2.70. The van der Waals surface area contributed by atoms with Crippen LogP contribution in [0.25, 0.3) is 5.82 Å². The van der Waals surface area contributed by atoms with Crippen LogP contribution in [0.5, 0.6) is 0 Å². The molecule has 78 valence electrons. The molecule has 0 atom stereocenters. The first-order chi connectivity index (χ1) is 7.20. The highest BCUT2D eigenvalue weighted by atomic mass is 35.5. The maximum absolute atomic E-state index is 8.91. The van der Waals surface area contributed by atoms with Gasteiger partial charge < -0.3 is 5.11 Å². The molecule has 2 aromatic rings. The van der Waals surface area contributed by atoms with E-state index in [1.54, 1.807) is 23.1 Å². The maximum Gasteiger partial charge on any atom is 0.172 e. The number of aliphatic hydroxyl groups excluding tert-OH is 1. The van der Waals surface area contributed by atoms with Crippen LogP contribution >= 0.6 is 11.6 Å². The SMILES string of the molecule is Cc1cnn(-c2ncc(CO)cc2Cl)c1. The molecule has 2 aromatic heterocycles. The smallest absolute Gasteiger partial charge is 0.172 e. The Labute approximate surface area is 92.1 Å². The van der Waals surface area contributed by atoms with Crippen LogP contribution in [0.2, 0.25) is 5.02 Å². The van der Waals surface area contributed by atoms with Gasteiger partial charge in [-0.2, -0.15) is 5.10 Å². The Morgan fingerprint density at radius 1 is 1.47 bits per heavy atom. The first-order valence-electron chi connectivity index (χ1n) is 4.47. The van der Waals surface area contributed by atoms with Crippen LogP contribution in [0, 0.1) is 6.92 Å². The molecular weight excluding hydrogens is 214 g/mol. The zero-order chi connectivity index (χ0) is 10.8. The summed E-state index contributed by atoms with van der Waals surface area (Å²) in [7, 11) is 0. The molecule has 0 radical (unpaired) electrons. The van der Waals surface area contributed by atoms with Crippen molar-refractivity contribution in [1.82, 2.24) is 14.8 Å². The Bertz CT molecular complexity index is 481. The number of nitrogens with zero attached hydrogens (tertiary/aromatic N) is 3. The van der Waals surface area contributed by atoms with Gasteiger partial charge >= 0.3 is 0 Å². The lowest BCUT2D eigenvalue weighted by Gasteiger charge is -2.04. The molecule has 0 saturated heterocycles. The monoisotopic (exact) mass is 223 g/mol. The van der Waals surface area contributed by atoms with Crippen molar-refractivity contribution in [2.24, 2.45) is 0 Å². The molecule has 0 aliphatic rings. The van der Waals surface area contributed by atoms with Crippen LogP contribution in [-0.2, 0) is 6.61 Å². The van der Waals surface area contributed by atoms with E-state index in [-0.39, 0.29) is 6.61 Å². The molecule has 0 aromatic carbocycles. The van der Waals surface area contributed by atoms with Crippen molar-refractivity contribution in [3.63, 3.8) is 0 Å². The van der Waals surface area contributed by atoms with Gasteiger partial charge in [0.1, 0.15) is 0 Å². The summed E-state index contributed by atoms with van der Waals surface area (Å²) in [5.41, 5.74) is 1.73. The minimum absolute atomic E-state index is 0.0644. The van der Waals surface area contributed by atoms with Crippen LogP contribution in [0.3, 0.4) is 0 Å². The second kappa shape index (κ2) is 4.00. The predicted molar refractivity (Wildman–Crippen MR) is 57.0 cm³/mol. The fraction of sp³-hybridized carbons (Fsp3) is 0.200. The predicted octanol–water partition coefficient (Wildman–Crippen LogP) is 1.72. The minimum atomic E-state index is -0.0644. The van der Waals surface area contributed by atoms with Gasteiger partial charge in [-0.25, -0.2) is 9.67 Å². The summed E-state index contributed by atoms with van der Waals surface area (Å²) >= 11 is 6.02. The molecule has 4 nitrogen and oxygen atoms in total. The number of hydrogen-bond acceptors (Lipinski definition) is 3. The third-order valence-electron chi connectivity index (χ3n) is 1.99. The molecule has 0 unspecified atom stereocenters. The minimum Gasteiger partial charge on any atom is -0.392 e. The lowest BCUT2D eigenvalue weighted by atomic mass is 10.3. The van der Waals surface area contributed by atoms with Crippen molar-refractivity contribution in [3.8, 4) is 5.82 Å². The second-order valence-corrected chi connectivity index (χ2v) is 3.68. The van der Waals surface area contributed by atoms with Gasteiger partial charge in [0.25, 0.3) is 0 Å². The van der Waals surface area contributed by atoms with E-state index in [1.165, 1.54) is 0 Å². The number of pyridine rings is 1. The highest BCUT2D eigenvalue weighted by Crippen LogP contribution is 2.18. The molecule has 0 aliphatic heterocycles. The quantitative estimate of drug-likeness (QED) is 0.844. The number of aryl methyl sites for hydroxylation is 1. The van der Waals surface area contributed by atoms with Crippen LogP contribution in [0.15, 0.2) is 24.7 Å². The van der Waals surface area contributed by atoms with E-state index in [2.05, 4.69) is 10.1 Å². The molecule has 2 rings (SSSR count). The Morgan fingerprint density at radius 3 is 2.80 bits per heavy atom. The van der Waals surface area contributed by atoms with Gasteiger partial charge in [-0.15, -0.1) is 0 Å².